The molecule has 2 rings (SSSR count). The molecule has 0 amide bonds. The molecule has 2 heterocycles. The second-order valence-electron chi connectivity index (χ2n) is 2.12. The van der Waals surface area contributed by atoms with Gasteiger partial charge in [0.1, 0.15) is 11.5 Å². The van der Waals surface area contributed by atoms with Gasteiger partial charge in [-0.1, -0.05) is 6.58 Å². The summed E-state index contributed by atoms with van der Waals surface area (Å²) in [5.41, 5.74) is 0.750. The van der Waals surface area contributed by atoms with Gasteiger partial charge in [0.05, 0.1) is 6.21 Å². The predicted octanol–water partition coefficient (Wildman–Crippen LogP) is 0.792. The number of hydrogen-bond donors (Lipinski definition) is 1. The first kappa shape index (κ1) is 6.03. The lowest BCUT2D eigenvalue weighted by Gasteiger charge is -2.10. The fourth-order valence-corrected chi connectivity index (χ4v) is 0.848. The molecule has 1 aromatic heterocycles. The molecule has 54 valence electrons. The van der Waals surface area contributed by atoms with Crippen LogP contribution in [0, 0.1) is 0 Å². The van der Waals surface area contributed by atoms with Gasteiger partial charge in [0.15, 0.2) is 5.82 Å². The number of anilines is 1. The highest BCUT2D eigenvalue weighted by molar-refractivity contribution is 5.87. The topological polar surface area (TPSA) is 50.2 Å². The average Bonchev–Trinajstić information content (AvgIpc) is 2.04. The van der Waals surface area contributed by atoms with Gasteiger partial charge in [-0.05, 0) is 0 Å². The molecular weight excluding hydrogens is 140 g/mol. The summed E-state index contributed by atoms with van der Waals surface area (Å²) >= 11 is 0. The Labute approximate surface area is 63.7 Å². The van der Waals surface area contributed by atoms with Gasteiger partial charge in [-0.25, -0.2) is 15.0 Å². The summed E-state index contributed by atoms with van der Waals surface area (Å²) in [5, 5.41) is 2.89. The van der Waals surface area contributed by atoms with Gasteiger partial charge in [0.2, 0.25) is 0 Å². The number of hydrogen-bond acceptors (Lipinski definition) is 4. The third-order valence-corrected chi connectivity index (χ3v) is 1.33. The van der Waals surface area contributed by atoms with Gasteiger partial charge in [0, 0.05) is 12.4 Å². The number of aliphatic imine (C=N–C) groups is 1. The zero-order valence-electron chi connectivity index (χ0n) is 5.78. The lowest BCUT2D eigenvalue weighted by molar-refractivity contribution is 1.13. The van der Waals surface area contributed by atoms with E-state index < -0.39 is 0 Å². The monoisotopic (exact) mass is 146 g/mol. The molecule has 0 fully saturated rings. The van der Waals surface area contributed by atoms with Crippen molar-refractivity contribution >= 4 is 12.0 Å². The van der Waals surface area contributed by atoms with Gasteiger partial charge in [-0.3, -0.25) is 0 Å². The van der Waals surface area contributed by atoms with Gasteiger partial charge in [-0.2, -0.15) is 0 Å². The largest absolute Gasteiger partial charge is 0.324 e. The molecule has 1 aliphatic rings. The molecule has 0 aliphatic carbocycles. The van der Waals surface area contributed by atoms with Crippen LogP contribution in [0.1, 0.15) is 5.69 Å². The highest BCUT2D eigenvalue weighted by Crippen LogP contribution is 2.12. The first-order valence-electron chi connectivity index (χ1n) is 3.17. The molecule has 4 nitrogen and oxygen atoms in total. The normalized spacial score (nSPS) is 14.0. The molecule has 1 N–H and O–H groups in total. The second kappa shape index (κ2) is 2.16. The highest BCUT2D eigenvalue weighted by atomic mass is 15.1. The van der Waals surface area contributed by atoms with E-state index in [1.165, 1.54) is 0 Å². The summed E-state index contributed by atoms with van der Waals surface area (Å²) in [5.74, 6) is 1.31. The average molecular weight is 146 g/mol. The van der Waals surface area contributed by atoms with Crippen LogP contribution in [0.5, 0.6) is 0 Å². The van der Waals surface area contributed by atoms with Crippen molar-refractivity contribution in [3.63, 3.8) is 0 Å². The Balaban J connectivity index is 2.54. The maximum atomic E-state index is 4.04. The summed E-state index contributed by atoms with van der Waals surface area (Å²) in [6.45, 7) is 3.64. The molecule has 1 aromatic rings. The van der Waals surface area contributed by atoms with Crippen LogP contribution in [0.3, 0.4) is 0 Å². The minimum atomic E-state index is 0.595. The Morgan fingerprint density at radius 3 is 3.00 bits per heavy atom. The standard InChI is InChI=1S/C7H6N4/c1-5-10-4-6-7(11-5)9-3-2-8-6/h2-4H,1H2,(H,9,11). The van der Waals surface area contributed by atoms with Crippen LogP contribution >= 0.6 is 0 Å². The zero-order valence-corrected chi connectivity index (χ0v) is 5.78. The minimum absolute atomic E-state index is 0.595. The number of aromatic nitrogens is 2. The Morgan fingerprint density at radius 1 is 1.27 bits per heavy atom. The maximum Gasteiger partial charge on any atom is 0.159 e. The molecule has 0 saturated heterocycles. The van der Waals surface area contributed by atoms with Crippen LogP contribution in [-0.4, -0.2) is 16.2 Å². The lowest BCUT2D eigenvalue weighted by Crippen LogP contribution is -2.08. The van der Waals surface area contributed by atoms with Crippen LogP contribution in [0.2, 0.25) is 0 Å². The molecule has 0 bridgehead atoms. The van der Waals surface area contributed by atoms with E-state index in [0.29, 0.717) is 11.6 Å². The van der Waals surface area contributed by atoms with E-state index in [2.05, 4.69) is 26.9 Å². The van der Waals surface area contributed by atoms with Crippen molar-refractivity contribution in [1.82, 2.24) is 9.97 Å². The molecule has 0 aromatic carbocycles. The molecule has 0 saturated carbocycles. The summed E-state index contributed by atoms with van der Waals surface area (Å²) < 4.78 is 0. The van der Waals surface area contributed by atoms with Crippen molar-refractivity contribution in [3.8, 4) is 0 Å². The summed E-state index contributed by atoms with van der Waals surface area (Å²) in [4.78, 5) is 12.0. The number of fused-ring (bicyclic) bond motifs is 1. The van der Waals surface area contributed by atoms with Crippen molar-refractivity contribution in [2.75, 3.05) is 5.32 Å². The first-order valence-corrected chi connectivity index (χ1v) is 3.17. The lowest BCUT2D eigenvalue weighted by atomic mass is 10.4. The smallest absolute Gasteiger partial charge is 0.159 e. The minimum Gasteiger partial charge on any atom is -0.324 e. The maximum absolute atomic E-state index is 4.04. The van der Waals surface area contributed by atoms with Gasteiger partial charge in [0.25, 0.3) is 0 Å². The molecule has 0 atom stereocenters. The number of nitrogens with zero attached hydrogens (tertiary/aromatic N) is 3. The fraction of sp³-hybridized carbons (Fsp3) is 0. The van der Waals surface area contributed by atoms with Crippen molar-refractivity contribution in [2.24, 2.45) is 4.99 Å². The third-order valence-electron chi connectivity index (χ3n) is 1.33. The first-order chi connectivity index (χ1) is 5.36. The second-order valence-corrected chi connectivity index (χ2v) is 2.12. The van der Waals surface area contributed by atoms with Gasteiger partial charge >= 0.3 is 0 Å². The highest BCUT2D eigenvalue weighted by Gasteiger charge is 2.06. The Hall–Kier alpha value is -1.71. The van der Waals surface area contributed by atoms with Gasteiger partial charge in [-0.15, -0.1) is 0 Å². The van der Waals surface area contributed by atoms with Crippen LogP contribution in [0.4, 0.5) is 5.82 Å². The van der Waals surface area contributed by atoms with E-state index in [1.807, 2.05) is 0 Å². The van der Waals surface area contributed by atoms with Crippen molar-refractivity contribution in [3.05, 3.63) is 30.5 Å². The van der Waals surface area contributed by atoms with Crippen molar-refractivity contribution in [2.45, 2.75) is 0 Å². The Bertz CT molecular complexity index is 329. The summed E-state index contributed by atoms with van der Waals surface area (Å²) in [7, 11) is 0. The van der Waals surface area contributed by atoms with E-state index in [-0.39, 0.29) is 0 Å². The van der Waals surface area contributed by atoms with Crippen LogP contribution in [-0.2, 0) is 0 Å². The van der Waals surface area contributed by atoms with Crippen LogP contribution in [0.25, 0.3) is 0 Å². The fourth-order valence-electron chi connectivity index (χ4n) is 0.848. The molecular formula is C7H6N4. The SMILES string of the molecule is C=C1N=Cc2nccnc2N1. The number of nitrogens with one attached hydrogen (secondary N) is 1. The van der Waals surface area contributed by atoms with Crippen molar-refractivity contribution < 1.29 is 0 Å². The number of rotatable bonds is 0. The van der Waals surface area contributed by atoms with Crippen molar-refractivity contribution in [1.29, 1.82) is 0 Å². The van der Waals surface area contributed by atoms with E-state index in [4.69, 9.17) is 0 Å². The molecule has 4 heteroatoms. The summed E-state index contributed by atoms with van der Waals surface area (Å²) in [6.07, 6.45) is 4.89. The molecule has 1 aliphatic heterocycles. The molecule has 0 spiro atoms. The molecule has 11 heavy (non-hydrogen) atoms. The predicted molar refractivity (Wildman–Crippen MR) is 42.4 cm³/mol. The Morgan fingerprint density at radius 2 is 2.09 bits per heavy atom. The van der Waals surface area contributed by atoms with Crippen LogP contribution in [0.15, 0.2) is 29.8 Å². The van der Waals surface area contributed by atoms with E-state index in [9.17, 15) is 0 Å². The van der Waals surface area contributed by atoms with E-state index in [0.717, 1.165) is 5.69 Å². The quantitative estimate of drug-likeness (QED) is 0.588. The Kier molecular flexibility index (Phi) is 1.18. The molecule has 0 radical (unpaired) electrons. The molecule has 0 unspecified atom stereocenters. The zero-order chi connectivity index (χ0) is 7.68. The van der Waals surface area contributed by atoms with Crippen LogP contribution < -0.4 is 5.32 Å². The van der Waals surface area contributed by atoms with Gasteiger partial charge < -0.3 is 5.32 Å². The van der Waals surface area contributed by atoms with E-state index in [1.54, 1.807) is 18.6 Å². The van der Waals surface area contributed by atoms with E-state index >= 15 is 0 Å². The third kappa shape index (κ3) is 0.980. The summed E-state index contributed by atoms with van der Waals surface area (Å²) in [6, 6.07) is 0.